The summed E-state index contributed by atoms with van der Waals surface area (Å²) in [6, 6.07) is 12.3. The number of halogens is 1. The molecular weight excluding hydrogens is 360 g/mol. The fourth-order valence-electron chi connectivity index (χ4n) is 2.46. The highest BCUT2D eigenvalue weighted by atomic mass is 35.5. The Morgan fingerprint density at radius 2 is 2.12 bits per heavy atom. The number of ether oxygens (including phenoxy) is 1. The van der Waals surface area contributed by atoms with E-state index in [0.717, 1.165) is 21.6 Å². The number of carbonyl (C=O) groups is 1. The summed E-state index contributed by atoms with van der Waals surface area (Å²) >= 11 is 7.09. The van der Waals surface area contributed by atoms with Crippen LogP contribution in [0.5, 0.6) is 5.75 Å². The van der Waals surface area contributed by atoms with Gasteiger partial charge < -0.3 is 14.6 Å². The van der Waals surface area contributed by atoms with E-state index in [1.165, 1.54) is 0 Å². The number of aryl methyl sites for hydroxylation is 1. The summed E-state index contributed by atoms with van der Waals surface area (Å²) in [5.74, 6) is 0.302. The molecule has 5 nitrogen and oxygen atoms in total. The molecular formula is C18H17ClN2O3S. The molecule has 1 heterocycles. The number of fused-ring (bicyclic) bond motifs is 1. The smallest absolute Gasteiger partial charge is 0.307 e. The van der Waals surface area contributed by atoms with E-state index in [1.807, 2.05) is 13.0 Å². The normalized spacial score (nSPS) is 12.1. The van der Waals surface area contributed by atoms with Crippen molar-refractivity contribution < 1.29 is 9.53 Å². The molecule has 3 rings (SSSR count). The van der Waals surface area contributed by atoms with Gasteiger partial charge in [0.15, 0.2) is 6.10 Å². The van der Waals surface area contributed by atoms with E-state index in [4.69, 9.17) is 16.3 Å². The molecule has 0 aliphatic rings. The predicted molar refractivity (Wildman–Crippen MR) is 102 cm³/mol. The van der Waals surface area contributed by atoms with E-state index < -0.39 is 6.10 Å². The van der Waals surface area contributed by atoms with Crippen molar-refractivity contribution in [3.8, 4) is 5.75 Å². The fourth-order valence-corrected chi connectivity index (χ4v) is 3.56. The number of nitrogens with one attached hydrogen (secondary N) is 1. The number of hydrogen-bond donors (Lipinski definition) is 1. The predicted octanol–water partition coefficient (Wildman–Crippen LogP) is 4.05. The second-order valence-electron chi connectivity index (χ2n) is 5.57. The van der Waals surface area contributed by atoms with Gasteiger partial charge in [0.05, 0.1) is 10.2 Å². The molecule has 0 aliphatic heterocycles. The van der Waals surface area contributed by atoms with Crippen molar-refractivity contribution in [1.29, 1.82) is 0 Å². The van der Waals surface area contributed by atoms with E-state index in [1.54, 1.807) is 48.0 Å². The number of amides is 1. The Balaban J connectivity index is 1.76. The topological polar surface area (TPSA) is 60.3 Å². The number of carbonyl (C=O) groups excluding carboxylic acids is 1. The molecule has 0 fully saturated rings. The van der Waals surface area contributed by atoms with Crippen LogP contribution in [0.2, 0.25) is 5.02 Å². The quantitative estimate of drug-likeness (QED) is 0.730. The van der Waals surface area contributed by atoms with Crippen LogP contribution in [0.3, 0.4) is 0 Å². The van der Waals surface area contributed by atoms with E-state index in [2.05, 4.69) is 5.32 Å². The largest absolute Gasteiger partial charge is 0.481 e. The third-order valence-electron chi connectivity index (χ3n) is 3.80. The van der Waals surface area contributed by atoms with Gasteiger partial charge in [-0.25, -0.2) is 0 Å². The van der Waals surface area contributed by atoms with Gasteiger partial charge in [-0.1, -0.05) is 35.9 Å². The maximum Gasteiger partial charge on any atom is 0.307 e. The molecule has 1 aromatic heterocycles. The summed E-state index contributed by atoms with van der Waals surface area (Å²) in [6.07, 6.45) is -0.122. The molecule has 0 saturated heterocycles. The lowest BCUT2D eigenvalue weighted by Gasteiger charge is -2.17. The Morgan fingerprint density at radius 1 is 1.32 bits per heavy atom. The summed E-state index contributed by atoms with van der Waals surface area (Å²) in [7, 11) is 1.73. The van der Waals surface area contributed by atoms with Crippen LogP contribution < -0.4 is 14.9 Å². The first-order valence-corrected chi connectivity index (χ1v) is 9.00. The fraction of sp³-hybridized carbons (Fsp3) is 0.222. The summed E-state index contributed by atoms with van der Waals surface area (Å²) in [5.41, 5.74) is 1.47. The summed E-state index contributed by atoms with van der Waals surface area (Å²) in [6.45, 7) is 1.88. The molecule has 130 valence electrons. The number of nitrogens with zero attached hydrogens (tertiary/aromatic N) is 1. The molecule has 25 heavy (non-hydrogen) atoms. The molecule has 7 heteroatoms. The number of aromatic nitrogens is 1. The molecule has 1 amide bonds. The monoisotopic (exact) mass is 376 g/mol. The molecule has 2 aromatic carbocycles. The van der Waals surface area contributed by atoms with Crippen molar-refractivity contribution in [2.75, 3.05) is 5.32 Å². The first-order chi connectivity index (χ1) is 12.0. The van der Waals surface area contributed by atoms with Crippen LogP contribution in [0.4, 0.5) is 5.69 Å². The first kappa shape index (κ1) is 17.5. The number of hydrogen-bond acceptors (Lipinski definition) is 4. The standard InChI is InChI=1S/C18H17ClN2O3S/c1-3-15(24-13-6-4-5-11(19)9-13)17(22)20-12-7-8-14-16(10-12)25-18(23)21(14)2/h4-10,15H,3H2,1-2H3,(H,20,22)/t15-/m0/s1. The highest BCUT2D eigenvalue weighted by Gasteiger charge is 2.19. The zero-order valence-electron chi connectivity index (χ0n) is 13.8. The Hall–Kier alpha value is -2.31. The molecule has 0 unspecified atom stereocenters. The minimum absolute atomic E-state index is 0.0331. The van der Waals surface area contributed by atoms with Crippen molar-refractivity contribution >= 4 is 44.7 Å². The molecule has 1 N–H and O–H groups in total. The van der Waals surface area contributed by atoms with Crippen LogP contribution in [-0.4, -0.2) is 16.6 Å². The van der Waals surface area contributed by atoms with Gasteiger partial charge in [-0.15, -0.1) is 0 Å². The molecule has 0 spiro atoms. The van der Waals surface area contributed by atoms with Crippen LogP contribution >= 0.6 is 22.9 Å². The third-order valence-corrected chi connectivity index (χ3v) is 5.03. The van der Waals surface area contributed by atoms with Crippen molar-refractivity contribution in [3.05, 3.63) is 57.2 Å². The maximum absolute atomic E-state index is 12.5. The van der Waals surface area contributed by atoms with Crippen molar-refractivity contribution in [1.82, 2.24) is 4.57 Å². The Bertz CT molecular complexity index is 980. The van der Waals surface area contributed by atoms with Gasteiger partial charge in [0.2, 0.25) is 0 Å². The van der Waals surface area contributed by atoms with Crippen LogP contribution in [0.25, 0.3) is 10.2 Å². The van der Waals surface area contributed by atoms with Crippen LogP contribution in [0, 0.1) is 0 Å². The number of rotatable bonds is 5. The van der Waals surface area contributed by atoms with Crippen molar-refractivity contribution in [2.24, 2.45) is 7.05 Å². The second kappa shape index (κ2) is 7.29. The minimum Gasteiger partial charge on any atom is -0.481 e. The highest BCUT2D eigenvalue weighted by molar-refractivity contribution is 7.16. The van der Waals surface area contributed by atoms with E-state index in [9.17, 15) is 9.59 Å². The zero-order chi connectivity index (χ0) is 18.0. The van der Waals surface area contributed by atoms with Gasteiger partial charge in [-0.3, -0.25) is 9.59 Å². The molecule has 1 atom stereocenters. The number of thiazole rings is 1. The van der Waals surface area contributed by atoms with E-state index in [-0.39, 0.29) is 10.8 Å². The maximum atomic E-state index is 12.5. The van der Waals surface area contributed by atoms with Gasteiger partial charge in [-0.2, -0.15) is 0 Å². The zero-order valence-corrected chi connectivity index (χ0v) is 15.4. The third kappa shape index (κ3) is 3.86. The Morgan fingerprint density at radius 3 is 2.84 bits per heavy atom. The lowest BCUT2D eigenvalue weighted by molar-refractivity contribution is -0.122. The van der Waals surface area contributed by atoms with Gasteiger partial charge >= 0.3 is 4.87 Å². The molecule has 0 aliphatic carbocycles. The second-order valence-corrected chi connectivity index (χ2v) is 7.00. The average molecular weight is 377 g/mol. The Kier molecular flexibility index (Phi) is 5.11. The summed E-state index contributed by atoms with van der Waals surface area (Å²) in [4.78, 5) is 24.2. The number of anilines is 1. The molecule has 3 aromatic rings. The van der Waals surface area contributed by atoms with Gasteiger partial charge in [0.1, 0.15) is 5.75 Å². The SMILES string of the molecule is CC[C@H](Oc1cccc(Cl)c1)C(=O)Nc1ccc2c(c1)sc(=O)n2C. The summed E-state index contributed by atoms with van der Waals surface area (Å²) < 4.78 is 8.16. The number of benzene rings is 2. The van der Waals surface area contributed by atoms with Gasteiger partial charge in [0, 0.05) is 17.8 Å². The van der Waals surface area contributed by atoms with Gasteiger partial charge in [-0.05, 0) is 42.8 Å². The average Bonchev–Trinajstić information content (AvgIpc) is 2.86. The lowest BCUT2D eigenvalue weighted by Crippen LogP contribution is -2.32. The van der Waals surface area contributed by atoms with E-state index in [0.29, 0.717) is 22.9 Å². The van der Waals surface area contributed by atoms with E-state index >= 15 is 0 Å². The summed E-state index contributed by atoms with van der Waals surface area (Å²) in [5, 5.41) is 3.40. The van der Waals surface area contributed by atoms with Crippen molar-refractivity contribution in [3.63, 3.8) is 0 Å². The Labute approximate surface area is 153 Å². The first-order valence-electron chi connectivity index (χ1n) is 7.80. The van der Waals surface area contributed by atoms with Gasteiger partial charge in [0.25, 0.3) is 5.91 Å². The van der Waals surface area contributed by atoms with Crippen LogP contribution in [-0.2, 0) is 11.8 Å². The van der Waals surface area contributed by atoms with Crippen molar-refractivity contribution in [2.45, 2.75) is 19.4 Å². The highest BCUT2D eigenvalue weighted by Crippen LogP contribution is 2.23. The van der Waals surface area contributed by atoms with Crippen LogP contribution in [0.1, 0.15) is 13.3 Å². The molecule has 0 radical (unpaired) electrons. The minimum atomic E-state index is -0.635. The van der Waals surface area contributed by atoms with Crippen LogP contribution in [0.15, 0.2) is 47.3 Å². The molecule has 0 bridgehead atoms. The molecule has 0 saturated carbocycles. The lowest BCUT2D eigenvalue weighted by atomic mass is 10.2.